The Balaban J connectivity index is 2.90. The molecule has 0 N–H and O–H groups in total. The van der Waals surface area contributed by atoms with Crippen molar-refractivity contribution in [2.45, 2.75) is 18.7 Å². The summed E-state index contributed by atoms with van der Waals surface area (Å²) >= 11 is 0. The summed E-state index contributed by atoms with van der Waals surface area (Å²) < 4.78 is 32.1. The molecule has 0 aliphatic heterocycles. The van der Waals surface area contributed by atoms with E-state index in [0.29, 0.717) is 0 Å². The zero-order chi connectivity index (χ0) is 13.8. The Labute approximate surface area is 105 Å². The van der Waals surface area contributed by atoms with Crippen LogP contribution in [0.5, 0.6) is 0 Å². The first-order valence-corrected chi connectivity index (χ1v) is 6.41. The topological polar surface area (TPSA) is 82.0 Å². The first kappa shape index (κ1) is 14.2. The van der Waals surface area contributed by atoms with Crippen LogP contribution < -0.4 is 0 Å². The van der Waals surface area contributed by atoms with E-state index in [0.717, 1.165) is 12.7 Å². The second kappa shape index (κ2) is 5.63. The molecule has 0 amide bonds. The van der Waals surface area contributed by atoms with Crippen LogP contribution in [0.3, 0.4) is 0 Å². The quantitative estimate of drug-likeness (QED) is 0.467. The highest BCUT2D eigenvalue weighted by Gasteiger charge is 2.16. The highest BCUT2D eigenvalue weighted by Crippen LogP contribution is 2.13. The Morgan fingerprint density at radius 1 is 1.22 bits per heavy atom. The third-order valence-corrected chi connectivity index (χ3v) is 3.18. The number of hydrogen-bond donors (Lipinski definition) is 0. The highest BCUT2D eigenvalue weighted by molar-refractivity contribution is 7.86. The molecule has 0 heterocycles. The molecular weight excluding hydrogens is 258 g/mol. The molecule has 0 aliphatic rings. The highest BCUT2D eigenvalue weighted by atomic mass is 32.2. The van der Waals surface area contributed by atoms with Gasteiger partial charge in [-0.2, -0.15) is 8.42 Å². The Kier molecular flexibility index (Phi) is 4.43. The Morgan fingerprint density at radius 2 is 1.78 bits per heavy atom. The molecule has 0 radical (unpaired) electrons. The number of esters is 1. The fourth-order valence-electron chi connectivity index (χ4n) is 1.04. The zero-order valence-corrected chi connectivity index (χ0v) is 11.0. The minimum absolute atomic E-state index is 0.0329. The number of oxime groups is 1. The predicted octanol–water partition coefficient (Wildman–Crippen LogP) is 1.25. The van der Waals surface area contributed by atoms with E-state index in [1.165, 1.54) is 19.1 Å². The molecule has 1 rings (SSSR count). The number of hydrogen-bond acceptors (Lipinski definition) is 6. The van der Waals surface area contributed by atoms with Crippen LogP contribution in [0.4, 0.5) is 0 Å². The van der Waals surface area contributed by atoms with Gasteiger partial charge < -0.3 is 4.74 Å². The molecule has 7 heteroatoms. The van der Waals surface area contributed by atoms with Crippen molar-refractivity contribution in [1.29, 1.82) is 0 Å². The van der Waals surface area contributed by atoms with E-state index < -0.39 is 16.1 Å². The first-order chi connectivity index (χ1) is 8.36. The zero-order valence-electron chi connectivity index (χ0n) is 10.2. The molecule has 98 valence electrons. The van der Waals surface area contributed by atoms with Crippen molar-refractivity contribution in [3.63, 3.8) is 0 Å². The third-order valence-electron chi connectivity index (χ3n) is 2.06. The summed E-state index contributed by atoms with van der Waals surface area (Å²) in [6.45, 7) is 3.12. The van der Waals surface area contributed by atoms with E-state index >= 15 is 0 Å². The number of ether oxygens (including phenoxy) is 1. The van der Waals surface area contributed by atoms with Crippen molar-refractivity contribution in [2.75, 3.05) is 7.11 Å². The molecular formula is C11H13NO5S. The molecule has 1 aromatic rings. The van der Waals surface area contributed by atoms with Crippen LogP contribution in [0.2, 0.25) is 0 Å². The van der Waals surface area contributed by atoms with Gasteiger partial charge in [0, 0.05) is 0 Å². The van der Waals surface area contributed by atoms with E-state index in [2.05, 4.69) is 14.2 Å². The number of carbonyl (C=O) groups excluding carboxylic acids is 1. The fourth-order valence-corrected chi connectivity index (χ4v) is 1.80. The van der Waals surface area contributed by atoms with E-state index in [1.807, 2.05) is 6.92 Å². The van der Waals surface area contributed by atoms with Gasteiger partial charge in [-0.25, -0.2) is 4.79 Å². The van der Waals surface area contributed by atoms with Gasteiger partial charge >= 0.3 is 16.1 Å². The van der Waals surface area contributed by atoms with Crippen LogP contribution in [0.1, 0.15) is 12.5 Å². The fraction of sp³-hybridized carbons (Fsp3) is 0.273. The van der Waals surface area contributed by atoms with Gasteiger partial charge in [0.25, 0.3) is 0 Å². The molecule has 0 saturated carbocycles. The second-order valence-corrected chi connectivity index (χ2v) is 5.04. The number of methoxy groups -OCH3 is 1. The maximum absolute atomic E-state index is 11.7. The molecule has 0 atom stereocenters. The standard InChI is InChI=1S/C11H13NO5S/c1-8-4-6-10(7-5-8)18(14,15)17-12-9(2)11(13)16-3/h4-7H,1-3H3/b12-9-. The monoisotopic (exact) mass is 271 g/mol. The Bertz CT molecular complexity index is 560. The average molecular weight is 271 g/mol. The van der Waals surface area contributed by atoms with Crippen LogP contribution in [0, 0.1) is 6.92 Å². The molecule has 6 nitrogen and oxygen atoms in total. The van der Waals surface area contributed by atoms with Crippen LogP contribution >= 0.6 is 0 Å². The largest absolute Gasteiger partial charge is 0.464 e. The Morgan fingerprint density at radius 3 is 2.28 bits per heavy atom. The first-order valence-electron chi connectivity index (χ1n) is 5.00. The molecule has 0 spiro atoms. The van der Waals surface area contributed by atoms with Crippen molar-refractivity contribution < 1.29 is 22.2 Å². The average Bonchev–Trinajstić information content (AvgIpc) is 2.35. The van der Waals surface area contributed by atoms with Gasteiger partial charge in [0.05, 0.1) is 7.11 Å². The summed E-state index contributed by atoms with van der Waals surface area (Å²) in [5, 5.41) is 3.22. The third kappa shape index (κ3) is 3.56. The van der Waals surface area contributed by atoms with Crippen LogP contribution in [-0.2, 0) is 23.9 Å². The predicted molar refractivity (Wildman–Crippen MR) is 64.6 cm³/mol. The summed E-state index contributed by atoms with van der Waals surface area (Å²) in [5.41, 5.74) is 0.733. The smallest absolute Gasteiger partial charge is 0.358 e. The molecule has 0 aromatic heterocycles. The molecule has 0 unspecified atom stereocenters. The number of carbonyl (C=O) groups is 1. The summed E-state index contributed by atoms with van der Waals surface area (Å²) in [6, 6.07) is 6.06. The minimum atomic E-state index is -4.01. The van der Waals surface area contributed by atoms with Gasteiger partial charge in [-0.3, -0.25) is 4.28 Å². The van der Waals surface area contributed by atoms with Gasteiger partial charge in [-0.05, 0) is 26.0 Å². The summed E-state index contributed by atoms with van der Waals surface area (Å²) in [5.74, 6) is -0.755. The lowest BCUT2D eigenvalue weighted by Gasteiger charge is -2.02. The lowest BCUT2D eigenvalue weighted by Crippen LogP contribution is -2.13. The van der Waals surface area contributed by atoms with Gasteiger partial charge in [-0.1, -0.05) is 22.9 Å². The number of aryl methyl sites for hydroxylation is 1. The molecule has 1 aromatic carbocycles. The van der Waals surface area contributed by atoms with Crippen molar-refractivity contribution in [1.82, 2.24) is 0 Å². The molecule has 0 saturated heterocycles. The van der Waals surface area contributed by atoms with Crippen LogP contribution in [-0.4, -0.2) is 27.2 Å². The van der Waals surface area contributed by atoms with Crippen molar-refractivity contribution in [3.8, 4) is 0 Å². The van der Waals surface area contributed by atoms with Gasteiger partial charge in [0.15, 0.2) is 5.71 Å². The second-order valence-electron chi connectivity index (χ2n) is 3.51. The maximum atomic E-state index is 11.7. The van der Waals surface area contributed by atoms with E-state index in [9.17, 15) is 13.2 Å². The molecule has 0 aliphatic carbocycles. The van der Waals surface area contributed by atoms with Crippen LogP contribution in [0.25, 0.3) is 0 Å². The number of nitrogens with zero attached hydrogens (tertiary/aromatic N) is 1. The summed E-state index contributed by atoms with van der Waals surface area (Å²) in [7, 11) is -2.85. The SMILES string of the molecule is COC(=O)/C(C)=N\OS(=O)(=O)c1ccc(C)cc1. The minimum Gasteiger partial charge on any atom is -0.464 e. The summed E-state index contributed by atoms with van der Waals surface area (Å²) in [4.78, 5) is 10.9. The van der Waals surface area contributed by atoms with Gasteiger partial charge in [0.2, 0.25) is 0 Å². The normalized spacial score (nSPS) is 12.1. The van der Waals surface area contributed by atoms with E-state index in [-0.39, 0.29) is 10.6 Å². The lowest BCUT2D eigenvalue weighted by atomic mass is 10.2. The van der Waals surface area contributed by atoms with Crippen molar-refractivity contribution in [2.24, 2.45) is 5.16 Å². The molecule has 0 fully saturated rings. The van der Waals surface area contributed by atoms with Crippen molar-refractivity contribution >= 4 is 21.8 Å². The molecule has 0 bridgehead atoms. The van der Waals surface area contributed by atoms with E-state index in [4.69, 9.17) is 0 Å². The number of benzene rings is 1. The lowest BCUT2D eigenvalue weighted by molar-refractivity contribution is -0.132. The summed E-state index contributed by atoms with van der Waals surface area (Å²) in [6.07, 6.45) is 0. The molecule has 18 heavy (non-hydrogen) atoms. The Hall–Kier alpha value is -1.89. The van der Waals surface area contributed by atoms with Crippen LogP contribution in [0.15, 0.2) is 34.3 Å². The van der Waals surface area contributed by atoms with Gasteiger partial charge in [-0.15, -0.1) is 0 Å². The van der Waals surface area contributed by atoms with Gasteiger partial charge in [0.1, 0.15) is 4.90 Å². The van der Waals surface area contributed by atoms with Crippen molar-refractivity contribution in [3.05, 3.63) is 29.8 Å². The number of rotatable bonds is 4. The maximum Gasteiger partial charge on any atom is 0.358 e. The van der Waals surface area contributed by atoms with E-state index in [1.54, 1.807) is 12.1 Å².